The van der Waals surface area contributed by atoms with Crippen molar-refractivity contribution in [1.82, 2.24) is 0 Å². The molecule has 4 aromatic rings. The summed E-state index contributed by atoms with van der Waals surface area (Å²) in [7, 11) is 1.53. The van der Waals surface area contributed by atoms with Gasteiger partial charge in [-0.25, -0.2) is 0 Å². The molecule has 1 atom stereocenters. The Labute approximate surface area is 193 Å². The molecule has 1 amide bonds. The van der Waals surface area contributed by atoms with Gasteiger partial charge in [0.1, 0.15) is 11.9 Å². The van der Waals surface area contributed by atoms with E-state index in [9.17, 15) is 9.90 Å². The highest BCUT2D eigenvalue weighted by Gasteiger charge is 2.21. The number of amides is 1. The molecule has 31 heavy (non-hydrogen) atoms. The van der Waals surface area contributed by atoms with Gasteiger partial charge in [-0.1, -0.05) is 66.2 Å². The molecule has 0 bridgehead atoms. The number of hydrogen-bond acceptors (Lipinski definition) is 3. The summed E-state index contributed by atoms with van der Waals surface area (Å²) >= 11 is 9.75. The van der Waals surface area contributed by atoms with Crippen molar-refractivity contribution in [2.45, 2.75) is 6.10 Å². The van der Waals surface area contributed by atoms with Crippen LogP contribution in [0.4, 0.5) is 5.69 Å². The van der Waals surface area contributed by atoms with Crippen molar-refractivity contribution in [2.24, 2.45) is 0 Å². The van der Waals surface area contributed by atoms with E-state index in [0.717, 1.165) is 10.8 Å². The smallest absolute Gasteiger partial charge is 0.259 e. The van der Waals surface area contributed by atoms with Crippen molar-refractivity contribution in [2.75, 3.05) is 12.4 Å². The fourth-order valence-corrected chi connectivity index (χ4v) is 4.45. The predicted octanol–water partition coefficient (Wildman–Crippen LogP) is 6.60. The first-order chi connectivity index (χ1) is 15.0. The molecule has 0 radical (unpaired) electrons. The largest absolute Gasteiger partial charge is 0.495 e. The fraction of sp³-hybridized carbons (Fsp3) is 0.0800. The Morgan fingerprint density at radius 1 is 1.03 bits per heavy atom. The van der Waals surface area contributed by atoms with E-state index in [-0.39, 0.29) is 5.91 Å². The lowest BCUT2D eigenvalue weighted by molar-refractivity contribution is 0.102. The number of halogens is 2. The monoisotopic (exact) mass is 495 g/mol. The molecule has 0 saturated carbocycles. The predicted molar refractivity (Wildman–Crippen MR) is 128 cm³/mol. The van der Waals surface area contributed by atoms with Crippen molar-refractivity contribution in [3.8, 4) is 5.75 Å². The summed E-state index contributed by atoms with van der Waals surface area (Å²) in [4.78, 5) is 13.3. The second-order valence-corrected chi connectivity index (χ2v) is 8.22. The lowest BCUT2D eigenvalue weighted by atomic mass is 9.99. The highest BCUT2D eigenvalue weighted by molar-refractivity contribution is 9.10. The molecule has 0 aliphatic heterocycles. The first-order valence-corrected chi connectivity index (χ1v) is 10.8. The minimum Gasteiger partial charge on any atom is -0.495 e. The fourth-order valence-electron chi connectivity index (χ4n) is 3.53. The zero-order valence-corrected chi connectivity index (χ0v) is 18.9. The zero-order valence-electron chi connectivity index (χ0n) is 16.6. The molecular weight excluding hydrogens is 478 g/mol. The number of nitrogens with one attached hydrogen (secondary N) is 1. The number of benzene rings is 4. The zero-order chi connectivity index (χ0) is 22.0. The van der Waals surface area contributed by atoms with Crippen LogP contribution in [0.1, 0.15) is 27.6 Å². The van der Waals surface area contributed by atoms with Crippen molar-refractivity contribution in [3.05, 3.63) is 105 Å². The van der Waals surface area contributed by atoms with Gasteiger partial charge >= 0.3 is 0 Å². The highest BCUT2D eigenvalue weighted by Crippen LogP contribution is 2.37. The van der Waals surface area contributed by atoms with Crippen molar-refractivity contribution >= 4 is 49.9 Å². The van der Waals surface area contributed by atoms with Crippen LogP contribution in [0, 0.1) is 0 Å². The van der Waals surface area contributed by atoms with E-state index in [2.05, 4.69) is 21.2 Å². The summed E-state index contributed by atoms with van der Waals surface area (Å²) in [5, 5.41) is 16.2. The van der Waals surface area contributed by atoms with Gasteiger partial charge in [0.15, 0.2) is 0 Å². The number of carbonyl (C=O) groups is 1. The maximum absolute atomic E-state index is 13.3. The Morgan fingerprint density at radius 3 is 2.48 bits per heavy atom. The van der Waals surface area contributed by atoms with Crippen LogP contribution in [0.5, 0.6) is 5.75 Å². The minimum atomic E-state index is -0.944. The lowest BCUT2D eigenvalue weighted by Gasteiger charge is -2.18. The Morgan fingerprint density at radius 2 is 1.74 bits per heavy atom. The van der Waals surface area contributed by atoms with Crippen LogP contribution >= 0.6 is 27.5 Å². The van der Waals surface area contributed by atoms with E-state index in [1.165, 1.54) is 7.11 Å². The lowest BCUT2D eigenvalue weighted by Crippen LogP contribution is -2.16. The third-order valence-corrected chi connectivity index (χ3v) is 6.08. The van der Waals surface area contributed by atoms with Gasteiger partial charge < -0.3 is 15.2 Å². The Hall–Kier alpha value is -2.86. The van der Waals surface area contributed by atoms with Gasteiger partial charge in [0.05, 0.1) is 17.1 Å². The van der Waals surface area contributed by atoms with E-state index in [0.29, 0.717) is 37.6 Å². The molecule has 0 saturated heterocycles. The molecule has 4 rings (SSSR count). The molecule has 2 N–H and O–H groups in total. The Bertz CT molecular complexity index is 1260. The normalized spacial score (nSPS) is 11.9. The summed E-state index contributed by atoms with van der Waals surface area (Å²) in [5.41, 5.74) is 2.05. The molecule has 0 heterocycles. The van der Waals surface area contributed by atoms with Crippen molar-refractivity contribution in [3.63, 3.8) is 0 Å². The van der Waals surface area contributed by atoms with Crippen LogP contribution in [0.2, 0.25) is 5.02 Å². The molecule has 0 unspecified atom stereocenters. The van der Waals surface area contributed by atoms with E-state index < -0.39 is 6.10 Å². The Balaban J connectivity index is 1.75. The maximum Gasteiger partial charge on any atom is 0.259 e. The number of carbonyl (C=O) groups excluding carboxylic acids is 1. The summed E-state index contributed by atoms with van der Waals surface area (Å²) in [6, 6.07) is 23.7. The molecule has 0 aliphatic carbocycles. The summed E-state index contributed by atoms with van der Waals surface area (Å²) in [6.45, 7) is 0. The summed E-state index contributed by atoms with van der Waals surface area (Å²) in [6.07, 6.45) is -0.944. The number of fused-ring (bicyclic) bond motifs is 1. The first kappa shape index (κ1) is 21.4. The van der Waals surface area contributed by atoms with Gasteiger partial charge in [0.25, 0.3) is 5.91 Å². The minimum absolute atomic E-state index is 0.355. The average Bonchev–Trinajstić information content (AvgIpc) is 2.80. The molecule has 156 valence electrons. The molecule has 0 aromatic heterocycles. The average molecular weight is 497 g/mol. The summed E-state index contributed by atoms with van der Waals surface area (Å²) in [5.74, 6) is 0.0856. The molecule has 4 nitrogen and oxygen atoms in total. The standard InChI is InChI=1S/C25H19BrClNO3/c1-31-24-20(13-16-9-5-6-10-18(16)22(24)26)25(30)28-21-12-11-17(27)14-19(21)23(29)15-7-3-2-4-8-15/h2-14,23,29H,1H3,(H,28,30)/t23-/m0/s1. The second-order valence-electron chi connectivity index (χ2n) is 6.99. The number of methoxy groups -OCH3 is 1. The molecule has 0 aliphatic rings. The van der Waals surface area contributed by atoms with E-state index in [1.54, 1.807) is 24.3 Å². The Kier molecular flexibility index (Phi) is 6.28. The van der Waals surface area contributed by atoms with Gasteiger partial charge in [-0.05, 0) is 56.5 Å². The van der Waals surface area contributed by atoms with E-state index >= 15 is 0 Å². The van der Waals surface area contributed by atoms with Crippen molar-refractivity contribution in [1.29, 1.82) is 0 Å². The molecule has 4 aromatic carbocycles. The van der Waals surface area contributed by atoms with Crippen LogP contribution in [0.25, 0.3) is 10.8 Å². The first-order valence-electron chi connectivity index (χ1n) is 9.58. The van der Waals surface area contributed by atoms with Gasteiger partial charge in [0, 0.05) is 16.3 Å². The van der Waals surface area contributed by atoms with Crippen LogP contribution < -0.4 is 10.1 Å². The van der Waals surface area contributed by atoms with Gasteiger partial charge in [0.2, 0.25) is 0 Å². The quantitative estimate of drug-likeness (QED) is 0.327. The van der Waals surface area contributed by atoms with Crippen LogP contribution in [-0.4, -0.2) is 18.1 Å². The molecule has 6 heteroatoms. The van der Waals surface area contributed by atoms with Gasteiger partial charge in [-0.15, -0.1) is 0 Å². The number of rotatable bonds is 5. The number of aliphatic hydroxyl groups excluding tert-OH is 1. The highest BCUT2D eigenvalue weighted by atomic mass is 79.9. The van der Waals surface area contributed by atoms with Gasteiger partial charge in [-0.3, -0.25) is 4.79 Å². The van der Waals surface area contributed by atoms with Gasteiger partial charge in [-0.2, -0.15) is 0 Å². The number of aliphatic hydroxyl groups is 1. The molecule has 0 spiro atoms. The van der Waals surface area contributed by atoms with Crippen LogP contribution in [0.3, 0.4) is 0 Å². The maximum atomic E-state index is 13.3. The SMILES string of the molecule is COc1c(C(=O)Nc2ccc(Cl)cc2[C@@H](O)c2ccccc2)cc2ccccc2c1Br. The van der Waals surface area contributed by atoms with Crippen LogP contribution in [-0.2, 0) is 0 Å². The third-order valence-electron chi connectivity index (χ3n) is 5.06. The molecule has 0 fully saturated rings. The molecular formula is C25H19BrClNO3. The number of hydrogen-bond donors (Lipinski definition) is 2. The number of ether oxygens (including phenoxy) is 1. The van der Waals surface area contributed by atoms with E-state index in [1.807, 2.05) is 54.6 Å². The van der Waals surface area contributed by atoms with Crippen molar-refractivity contribution < 1.29 is 14.6 Å². The second kappa shape index (κ2) is 9.10. The topological polar surface area (TPSA) is 58.6 Å². The van der Waals surface area contributed by atoms with Crippen LogP contribution in [0.15, 0.2) is 83.3 Å². The number of anilines is 1. The summed E-state index contributed by atoms with van der Waals surface area (Å²) < 4.78 is 6.24. The van der Waals surface area contributed by atoms with E-state index in [4.69, 9.17) is 16.3 Å². The third kappa shape index (κ3) is 4.30.